The van der Waals surface area contributed by atoms with Crippen molar-refractivity contribution in [1.29, 1.82) is 0 Å². The first kappa shape index (κ1) is 25.9. The third-order valence-electron chi connectivity index (χ3n) is 5.34. The summed E-state index contributed by atoms with van der Waals surface area (Å²) in [6, 6.07) is 18.2. The number of methoxy groups -OCH3 is 1. The number of hydrogen-bond acceptors (Lipinski definition) is 8. The van der Waals surface area contributed by atoms with E-state index in [4.69, 9.17) is 21.7 Å². The van der Waals surface area contributed by atoms with Crippen LogP contribution < -0.4 is 19.7 Å². The quantitative estimate of drug-likeness (QED) is 0.178. The molecule has 1 saturated heterocycles. The molecule has 9 nitrogen and oxygen atoms in total. The monoisotopic (exact) mass is 535 g/mol. The highest BCUT2D eigenvalue weighted by molar-refractivity contribution is 8.27. The summed E-state index contributed by atoms with van der Waals surface area (Å²) in [5, 5.41) is 13.5. The van der Waals surface area contributed by atoms with E-state index in [1.165, 1.54) is 42.0 Å². The Bertz CT molecular complexity index is 1440. The van der Waals surface area contributed by atoms with Crippen LogP contribution in [0.5, 0.6) is 11.5 Å². The molecule has 3 aromatic carbocycles. The molecule has 0 radical (unpaired) electrons. The predicted octanol–water partition coefficient (Wildman–Crippen LogP) is 5.34. The Labute approximate surface area is 222 Å². The van der Waals surface area contributed by atoms with Gasteiger partial charge in [0, 0.05) is 17.8 Å². The van der Waals surface area contributed by atoms with Gasteiger partial charge in [0.25, 0.3) is 17.5 Å². The lowest BCUT2D eigenvalue weighted by atomic mass is 10.1. The summed E-state index contributed by atoms with van der Waals surface area (Å²) in [7, 11) is 1.47. The van der Waals surface area contributed by atoms with Crippen LogP contribution in [-0.4, -0.2) is 34.8 Å². The minimum absolute atomic E-state index is 0.133. The minimum Gasteiger partial charge on any atom is -0.493 e. The normalized spacial score (nSPS) is 14.1. The van der Waals surface area contributed by atoms with Crippen molar-refractivity contribution in [3.63, 3.8) is 0 Å². The summed E-state index contributed by atoms with van der Waals surface area (Å²) in [6.45, 7) is 1.58. The van der Waals surface area contributed by atoms with Crippen molar-refractivity contribution < 1.29 is 24.0 Å². The predicted molar refractivity (Wildman–Crippen MR) is 147 cm³/mol. The van der Waals surface area contributed by atoms with Crippen LogP contribution in [0.3, 0.4) is 0 Å². The second-order valence-electron chi connectivity index (χ2n) is 7.86. The molecule has 1 aliphatic heterocycles. The van der Waals surface area contributed by atoms with Gasteiger partial charge in [0.1, 0.15) is 0 Å². The number of thioether (sulfide) groups is 1. The standard InChI is InChI=1S/C26H21N3O6S2/c1-16-6-3-4-9-20(16)28-25(31)23(37-26(28)36)13-17-10-11-21(22(12-17)34-2)35-15-24(30)27-18-7-5-8-19(14-18)29(32)33/h3-14H,15H2,1-2H3,(H,27,30)/b23-13-. The smallest absolute Gasteiger partial charge is 0.271 e. The zero-order valence-corrected chi connectivity index (χ0v) is 21.4. The molecule has 1 fully saturated rings. The van der Waals surface area contributed by atoms with Gasteiger partial charge in [0.05, 0.1) is 22.6 Å². The molecular weight excluding hydrogens is 514 g/mol. The fourth-order valence-corrected chi connectivity index (χ4v) is 4.86. The van der Waals surface area contributed by atoms with E-state index in [2.05, 4.69) is 5.32 Å². The molecule has 0 aromatic heterocycles. The fraction of sp³-hybridized carbons (Fsp3) is 0.115. The van der Waals surface area contributed by atoms with E-state index >= 15 is 0 Å². The molecular formula is C26H21N3O6S2. The lowest BCUT2D eigenvalue weighted by Crippen LogP contribution is -2.28. The number of nitrogens with one attached hydrogen (secondary N) is 1. The first-order chi connectivity index (χ1) is 17.8. The lowest BCUT2D eigenvalue weighted by Gasteiger charge is -2.16. The Hall–Kier alpha value is -4.22. The van der Waals surface area contributed by atoms with Crippen LogP contribution in [0.1, 0.15) is 11.1 Å². The number of nitro benzene ring substituents is 1. The molecule has 0 bridgehead atoms. The largest absolute Gasteiger partial charge is 0.493 e. The number of non-ortho nitro benzene ring substituents is 1. The van der Waals surface area contributed by atoms with Crippen molar-refractivity contribution in [3.8, 4) is 11.5 Å². The summed E-state index contributed by atoms with van der Waals surface area (Å²) >= 11 is 6.68. The van der Waals surface area contributed by atoms with Crippen LogP contribution in [0.2, 0.25) is 0 Å². The Kier molecular flexibility index (Phi) is 7.85. The number of carbonyl (C=O) groups excluding carboxylic acids is 2. The number of nitro groups is 1. The first-order valence-electron chi connectivity index (χ1n) is 11.0. The number of carbonyl (C=O) groups is 2. The Morgan fingerprint density at radius 2 is 1.92 bits per heavy atom. The van der Waals surface area contributed by atoms with E-state index < -0.39 is 10.8 Å². The number of hydrogen-bond donors (Lipinski definition) is 1. The Balaban J connectivity index is 1.45. The summed E-state index contributed by atoms with van der Waals surface area (Å²) in [4.78, 5) is 37.7. The molecule has 1 aliphatic rings. The Morgan fingerprint density at radius 1 is 1.14 bits per heavy atom. The Morgan fingerprint density at radius 3 is 2.65 bits per heavy atom. The molecule has 0 spiro atoms. The van der Waals surface area contributed by atoms with Crippen LogP contribution in [0.4, 0.5) is 17.1 Å². The molecule has 1 N–H and O–H groups in total. The zero-order chi connectivity index (χ0) is 26.5. The SMILES string of the molecule is COc1cc(/C=C2\SC(=S)N(c3ccccc3C)C2=O)ccc1OCC(=O)Nc1cccc([N+](=O)[O-])c1. The first-order valence-corrected chi connectivity index (χ1v) is 12.2. The summed E-state index contributed by atoms with van der Waals surface area (Å²) in [5.74, 6) is -0.0134. The number of benzene rings is 3. The van der Waals surface area contributed by atoms with Crippen molar-refractivity contribution in [2.45, 2.75) is 6.92 Å². The topological polar surface area (TPSA) is 111 Å². The van der Waals surface area contributed by atoms with E-state index in [1.54, 1.807) is 30.3 Å². The van der Waals surface area contributed by atoms with Crippen LogP contribution in [0.25, 0.3) is 6.08 Å². The highest BCUT2D eigenvalue weighted by atomic mass is 32.2. The van der Waals surface area contributed by atoms with Crippen molar-refractivity contribution in [2.24, 2.45) is 0 Å². The van der Waals surface area contributed by atoms with E-state index in [-0.39, 0.29) is 23.9 Å². The number of amides is 2. The highest BCUT2D eigenvalue weighted by Crippen LogP contribution is 2.38. The number of ether oxygens (including phenoxy) is 2. The molecule has 3 aromatic rings. The van der Waals surface area contributed by atoms with Gasteiger partial charge >= 0.3 is 0 Å². The van der Waals surface area contributed by atoms with E-state index in [1.807, 2.05) is 31.2 Å². The maximum absolute atomic E-state index is 13.1. The molecule has 0 aliphatic carbocycles. The van der Waals surface area contributed by atoms with Crippen molar-refractivity contribution >= 4 is 63.3 Å². The van der Waals surface area contributed by atoms with Gasteiger partial charge < -0.3 is 14.8 Å². The molecule has 1 heterocycles. The fourth-order valence-electron chi connectivity index (χ4n) is 3.57. The maximum Gasteiger partial charge on any atom is 0.271 e. The van der Waals surface area contributed by atoms with Gasteiger partial charge in [-0.25, -0.2) is 0 Å². The van der Waals surface area contributed by atoms with Crippen LogP contribution in [0, 0.1) is 17.0 Å². The van der Waals surface area contributed by atoms with Gasteiger partial charge in [-0.05, 0) is 48.4 Å². The third kappa shape index (κ3) is 5.96. The summed E-state index contributed by atoms with van der Waals surface area (Å²) < 4.78 is 11.5. The van der Waals surface area contributed by atoms with Crippen molar-refractivity contribution in [1.82, 2.24) is 0 Å². The van der Waals surface area contributed by atoms with Gasteiger partial charge in [0.15, 0.2) is 22.4 Å². The van der Waals surface area contributed by atoms with Gasteiger partial charge in [-0.15, -0.1) is 0 Å². The molecule has 188 valence electrons. The van der Waals surface area contributed by atoms with Crippen molar-refractivity contribution in [3.05, 3.63) is 92.9 Å². The average Bonchev–Trinajstić information content (AvgIpc) is 3.15. The average molecular weight is 536 g/mol. The maximum atomic E-state index is 13.1. The summed E-state index contributed by atoms with van der Waals surface area (Å²) in [6.07, 6.45) is 1.72. The third-order valence-corrected chi connectivity index (χ3v) is 6.64. The van der Waals surface area contributed by atoms with Crippen LogP contribution in [0.15, 0.2) is 71.6 Å². The van der Waals surface area contributed by atoms with Gasteiger partial charge in [-0.3, -0.25) is 24.6 Å². The van der Waals surface area contributed by atoms with E-state index in [0.717, 1.165) is 11.3 Å². The molecule has 2 amide bonds. The van der Waals surface area contributed by atoms with Gasteiger partial charge in [-0.2, -0.15) is 0 Å². The van der Waals surface area contributed by atoms with Crippen LogP contribution >= 0.6 is 24.0 Å². The molecule has 11 heteroatoms. The zero-order valence-electron chi connectivity index (χ0n) is 19.8. The number of aryl methyl sites for hydroxylation is 1. The molecule has 4 rings (SSSR count). The number of nitrogens with zero attached hydrogens (tertiary/aromatic N) is 2. The summed E-state index contributed by atoms with van der Waals surface area (Å²) in [5.41, 5.74) is 2.53. The van der Waals surface area contributed by atoms with Gasteiger partial charge in [-0.1, -0.05) is 54.3 Å². The number of anilines is 2. The number of rotatable bonds is 8. The molecule has 0 atom stereocenters. The van der Waals surface area contributed by atoms with Gasteiger partial charge in [0.2, 0.25) is 0 Å². The second-order valence-corrected chi connectivity index (χ2v) is 9.53. The number of thiocarbonyl (C=S) groups is 1. The molecule has 0 unspecified atom stereocenters. The highest BCUT2D eigenvalue weighted by Gasteiger charge is 2.34. The van der Waals surface area contributed by atoms with Crippen LogP contribution in [-0.2, 0) is 9.59 Å². The minimum atomic E-state index is -0.542. The molecule has 0 saturated carbocycles. The van der Waals surface area contributed by atoms with Crippen molar-refractivity contribution in [2.75, 3.05) is 23.9 Å². The van der Waals surface area contributed by atoms with E-state index in [0.29, 0.717) is 26.3 Å². The molecule has 37 heavy (non-hydrogen) atoms. The second kappa shape index (κ2) is 11.2. The van der Waals surface area contributed by atoms with E-state index in [9.17, 15) is 19.7 Å². The number of para-hydroxylation sites is 1. The lowest BCUT2D eigenvalue weighted by molar-refractivity contribution is -0.384.